The highest BCUT2D eigenvalue weighted by molar-refractivity contribution is 6.21. The van der Waals surface area contributed by atoms with Gasteiger partial charge in [0.25, 0.3) is 0 Å². The van der Waals surface area contributed by atoms with Gasteiger partial charge in [-0.1, -0.05) is 146 Å². The fourth-order valence-corrected chi connectivity index (χ4v) is 6.51. The van der Waals surface area contributed by atoms with Gasteiger partial charge in [-0.15, -0.1) is 0 Å². The molecule has 0 unspecified atom stereocenters. The van der Waals surface area contributed by atoms with Gasteiger partial charge in [-0.3, -0.25) is 0 Å². The van der Waals surface area contributed by atoms with Gasteiger partial charge >= 0.3 is 0 Å². The Kier molecular flexibility index (Phi) is 6.43. The summed E-state index contributed by atoms with van der Waals surface area (Å²) in [6, 6.07) is 56.3. The van der Waals surface area contributed by atoms with Crippen molar-refractivity contribution < 1.29 is 4.42 Å². The topological polar surface area (TPSA) is 51.8 Å². The number of hydrogen-bond donors (Lipinski definition) is 0. The minimum absolute atomic E-state index is 0.604. The Balaban J connectivity index is 1.32. The molecule has 0 aliphatic carbocycles. The van der Waals surface area contributed by atoms with Gasteiger partial charge in [0.15, 0.2) is 17.5 Å². The number of nitrogens with zero attached hydrogens (tertiary/aromatic N) is 3. The maximum Gasteiger partial charge on any atom is 0.164 e. The normalized spacial score (nSPS) is 11.4. The van der Waals surface area contributed by atoms with Crippen molar-refractivity contribution in [1.29, 1.82) is 0 Å². The van der Waals surface area contributed by atoms with Crippen molar-refractivity contribution in [3.63, 3.8) is 0 Å². The van der Waals surface area contributed by atoms with Crippen molar-refractivity contribution in [2.75, 3.05) is 0 Å². The Labute approximate surface area is 271 Å². The molecule has 0 N–H and O–H groups in total. The first kappa shape index (κ1) is 27.0. The van der Waals surface area contributed by atoms with Gasteiger partial charge in [-0.25, -0.2) is 15.0 Å². The number of furan rings is 1. The van der Waals surface area contributed by atoms with Crippen molar-refractivity contribution in [2.45, 2.75) is 0 Å². The summed E-state index contributed by atoms with van der Waals surface area (Å²) in [5.74, 6) is 1.86. The van der Waals surface area contributed by atoms with Crippen molar-refractivity contribution in [3.05, 3.63) is 164 Å². The highest BCUT2D eigenvalue weighted by Crippen LogP contribution is 2.44. The smallest absolute Gasteiger partial charge is 0.164 e. The van der Waals surface area contributed by atoms with E-state index < -0.39 is 0 Å². The molecule has 0 amide bonds. The first-order chi connectivity index (χ1) is 23.3. The molecule has 0 radical (unpaired) electrons. The van der Waals surface area contributed by atoms with Gasteiger partial charge in [-0.2, -0.15) is 0 Å². The maximum absolute atomic E-state index is 6.81. The minimum Gasteiger partial charge on any atom is -0.455 e. The Bertz CT molecular complexity index is 2500. The molecule has 0 aliphatic heterocycles. The molecular formula is C43H27N3O. The average molecular weight is 602 g/mol. The molecular weight excluding hydrogens is 574 g/mol. The third-order valence-electron chi connectivity index (χ3n) is 8.71. The molecule has 47 heavy (non-hydrogen) atoms. The van der Waals surface area contributed by atoms with Gasteiger partial charge in [0.05, 0.1) is 0 Å². The molecule has 0 bridgehead atoms. The first-order valence-electron chi connectivity index (χ1n) is 15.7. The lowest BCUT2D eigenvalue weighted by Gasteiger charge is -2.11. The number of aromatic nitrogens is 3. The molecule has 0 aliphatic rings. The van der Waals surface area contributed by atoms with Gasteiger partial charge < -0.3 is 4.42 Å². The largest absolute Gasteiger partial charge is 0.455 e. The van der Waals surface area contributed by atoms with E-state index in [-0.39, 0.29) is 0 Å². The Hall–Kier alpha value is -6.39. The Morgan fingerprint density at radius 1 is 0.383 bits per heavy atom. The lowest BCUT2D eigenvalue weighted by atomic mass is 9.92. The molecule has 0 spiro atoms. The summed E-state index contributed by atoms with van der Waals surface area (Å²) in [7, 11) is 0. The summed E-state index contributed by atoms with van der Waals surface area (Å²) in [6.07, 6.45) is 0. The molecule has 9 rings (SSSR count). The predicted octanol–water partition coefficient (Wildman–Crippen LogP) is 11.3. The molecule has 9 aromatic rings. The number of fused-ring (bicyclic) bond motifs is 4. The van der Waals surface area contributed by atoms with Crippen molar-refractivity contribution in [1.82, 2.24) is 15.0 Å². The number of hydrogen-bond acceptors (Lipinski definition) is 4. The zero-order chi connectivity index (χ0) is 31.2. The Morgan fingerprint density at radius 3 is 1.64 bits per heavy atom. The van der Waals surface area contributed by atoms with E-state index in [1.54, 1.807) is 0 Å². The maximum atomic E-state index is 6.81. The van der Waals surface area contributed by atoms with Crippen LogP contribution in [-0.2, 0) is 0 Å². The van der Waals surface area contributed by atoms with E-state index in [1.165, 1.54) is 5.56 Å². The third-order valence-corrected chi connectivity index (χ3v) is 8.71. The lowest BCUT2D eigenvalue weighted by molar-refractivity contribution is 0.670. The zero-order valence-corrected chi connectivity index (χ0v) is 25.3. The first-order valence-corrected chi connectivity index (χ1v) is 15.7. The van der Waals surface area contributed by atoms with Crippen molar-refractivity contribution in [3.8, 4) is 56.4 Å². The zero-order valence-electron chi connectivity index (χ0n) is 25.3. The molecule has 0 fully saturated rings. The van der Waals surface area contributed by atoms with E-state index in [0.717, 1.165) is 66.1 Å². The summed E-state index contributed by atoms with van der Waals surface area (Å²) in [5, 5.41) is 4.29. The van der Waals surface area contributed by atoms with E-state index in [0.29, 0.717) is 17.5 Å². The SMILES string of the molecule is c1ccc(-c2cccc(-c3c4ccccc4cc4c3oc3cccc(-c5nc(-c6ccccc6)nc(-c6ccccc6)n5)c34)c2)cc1. The highest BCUT2D eigenvalue weighted by Gasteiger charge is 2.21. The van der Waals surface area contributed by atoms with Gasteiger partial charge in [0.1, 0.15) is 11.2 Å². The molecule has 0 saturated heterocycles. The van der Waals surface area contributed by atoms with Crippen LogP contribution in [0.4, 0.5) is 0 Å². The van der Waals surface area contributed by atoms with Crippen LogP contribution in [0.25, 0.3) is 89.1 Å². The van der Waals surface area contributed by atoms with Crippen LogP contribution >= 0.6 is 0 Å². The standard InChI is InChI=1S/C43H27N3O/c1-4-14-28(15-5-1)31-21-12-22-33(26-31)38-34-23-11-10-20-32(34)27-36-39-35(24-13-25-37(39)47-40(36)38)43-45-41(29-16-6-2-7-17-29)44-42(46-43)30-18-8-3-9-19-30/h1-27H. The van der Waals surface area contributed by atoms with Gasteiger partial charge in [-0.05, 0) is 45.7 Å². The molecule has 4 nitrogen and oxygen atoms in total. The summed E-state index contributed by atoms with van der Waals surface area (Å²) in [5.41, 5.74) is 8.91. The van der Waals surface area contributed by atoms with Crippen LogP contribution in [0.1, 0.15) is 0 Å². The summed E-state index contributed by atoms with van der Waals surface area (Å²) in [4.78, 5) is 15.0. The van der Waals surface area contributed by atoms with Crippen molar-refractivity contribution in [2.24, 2.45) is 0 Å². The number of rotatable bonds is 5. The Morgan fingerprint density at radius 2 is 0.936 bits per heavy atom. The van der Waals surface area contributed by atoms with Crippen LogP contribution in [0.2, 0.25) is 0 Å². The van der Waals surface area contributed by atoms with Crippen LogP contribution in [0.5, 0.6) is 0 Å². The minimum atomic E-state index is 0.604. The molecule has 220 valence electrons. The predicted molar refractivity (Wildman–Crippen MR) is 192 cm³/mol. The van der Waals surface area contributed by atoms with Crippen LogP contribution in [0.3, 0.4) is 0 Å². The molecule has 4 heteroatoms. The average Bonchev–Trinajstić information content (AvgIpc) is 3.53. The second-order valence-corrected chi connectivity index (χ2v) is 11.6. The van der Waals surface area contributed by atoms with Crippen LogP contribution < -0.4 is 0 Å². The van der Waals surface area contributed by atoms with E-state index >= 15 is 0 Å². The van der Waals surface area contributed by atoms with Crippen LogP contribution in [0.15, 0.2) is 168 Å². The second-order valence-electron chi connectivity index (χ2n) is 11.6. The van der Waals surface area contributed by atoms with Crippen LogP contribution in [0, 0.1) is 0 Å². The lowest BCUT2D eigenvalue weighted by Crippen LogP contribution is -2.00. The van der Waals surface area contributed by atoms with E-state index in [9.17, 15) is 0 Å². The van der Waals surface area contributed by atoms with Gasteiger partial charge in [0, 0.05) is 33.0 Å². The third kappa shape index (κ3) is 4.75. The molecule has 2 aromatic heterocycles. The molecule has 0 saturated carbocycles. The van der Waals surface area contributed by atoms with Crippen LogP contribution in [-0.4, -0.2) is 15.0 Å². The quantitative estimate of drug-likeness (QED) is 0.197. The summed E-state index contributed by atoms with van der Waals surface area (Å²) >= 11 is 0. The van der Waals surface area contributed by atoms with Gasteiger partial charge in [0.2, 0.25) is 0 Å². The van der Waals surface area contributed by atoms with Crippen molar-refractivity contribution >= 4 is 32.7 Å². The monoisotopic (exact) mass is 601 g/mol. The summed E-state index contributed by atoms with van der Waals surface area (Å²) in [6.45, 7) is 0. The molecule has 0 atom stereocenters. The molecule has 7 aromatic carbocycles. The van der Waals surface area contributed by atoms with E-state index in [4.69, 9.17) is 19.4 Å². The van der Waals surface area contributed by atoms with E-state index in [2.05, 4.69) is 84.9 Å². The fraction of sp³-hybridized carbons (Fsp3) is 0. The molecule has 2 heterocycles. The summed E-state index contributed by atoms with van der Waals surface area (Å²) < 4.78 is 6.81. The fourth-order valence-electron chi connectivity index (χ4n) is 6.51. The van der Waals surface area contributed by atoms with E-state index in [1.807, 2.05) is 78.9 Å². The second kappa shape index (κ2) is 11.2. The highest BCUT2D eigenvalue weighted by atomic mass is 16.3. The number of benzene rings is 7.